The van der Waals surface area contributed by atoms with E-state index < -0.39 is 0 Å². The first-order valence-corrected chi connectivity index (χ1v) is 47.9. The molecule has 0 saturated carbocycles. The number of rotatable bonds is 6. The molecule has 0 fully saturated rings. The molecule has 28 rings (SSSR count). The van der Waals surface area contributed by atoms with Gasteiger partial charge in [0.2, 0.25) is 0 Å². The summed E-state index contributed by atoms with van der Waals surface area (Å²) >= 11 is 0. The van der Waals surface area contributed by atoms with Crippen molar-refractivity contribution >= 4 is 196 Å². The Morgan fingerprint density at radius 3 is 0.573 bits per heavy atom. The minimum absolute atomic E-state index is 0.176. The molecule has 0 aliphatic carbocycles. The van der Waals surface area contributed by atoms with Gasteiger partial charge in [0.15, 0.2) is 65.1 Å². The number of H-pyrrole nitrogens is 12. The van der Waals surface area contributed by atoms with E-state index in [1.54, 1.807) is 113 Å². The van der Waals surface area contributed by atoms with Crippen molar-refractivity contribution in [2.75, 3.05) is 0 Å². The topological polar surface area (TPSA) is 472 Å². The first-order chi connectivity index (χ1) is 72.9. The molecule has 18 aromatic heterocycles. The summed E-state index contributed by atoms with van der Waals surface area (Å²) in [4.78, 5) is 228. The van der Waals surface area contributed by atoms with Gasteiger partial charge in [0.1, 0.15) is 0 Å². The molecule has 0 aliphatic rings. The maximum Gasteiger partial charge on any atom is 0.199 e. The molecule has 30 nitrogen and oxygen atoms in total. The fourth-order valence-electron chi connectivity index (χ4n) is 21.1. The van der Waals surface area contributed by atoms with Crippen LogP contribution < -0.4 is 65.1 Å². The van der Waals surface area contributed by atoms with Gasteiger partial charge in [0.25, 0.3) is 0 Å². The molecular formula is C120H78N18O12. The predicted octanol–water partition coefficient (Wildman–Crippen LogP) is 20.0. The molecule has 0 amide bonds. The molecule has 150 heavy (non-hydrogen) atoms. The average Bonchev–Trinajstić information content (AvgIpc) is 0.724. The molecule has 0 atom stereocenters. The van der Waals surface area contributed by atoms with E-state index >= 15 is 0 Å². The van der Waals surface area contributed by atoms with Crippen molar-refractivity contribution in [3.63, 3.8) is 0 Å². The zero-order valence-electron chi connectivity index (χ0n) is 80.3. The number of pyridine rings is 18. The summed E-state index contributed by atoms with van der Waals surface area (Å²) in [5, 5.41) is 6.07. The zero-order chi connectivity index (χ0) is 103. The normalized spacial score (nSPS) is 11.7. The molecule has 0 aliphatic heterocycles. The van der Waals surface area contributed by atoms with Gasteiger partial charge in [-0.15, -0.1) is 0 Å². The smallest absolute Gasteiger partial charge is 0.199 e. The van der Waals surface area contributed by atoms with Crippen molar-refractivity contribution in [1.82, 2.24) is 89.7 Å². The number of hydrogen-bond donors (Lipinski definition) is 12. The van der Waals surface area contributed by atoms with Crippen LogP contribution >= 0.6 is 0 Å². The molecule has 0 unspecified atom stereocenters. The van der Waals surface area contributed by atoms with Crippen molar-refractivity contribution < 1.29 is 0 Å². The summed E-state index contributed by atoms with van der Waals surface area (Å²) in [6.45, 7) is 10.7. The quantitative estimate of drug-likeness (QED) is 0.0543. The maximum atomic E-state index is 14.8. The van der Waals surface area contributed by atoms with E-state index in [4.69, 9.17) is 0 Å². The molecular weight excluding hydrogens is 1890 g/mol. The van der Waals surface area contributed by atoms with Crippen LogP contribution in [0, 0.1) is 41.5 Å². The highest BCUT2D eigenvalue weighted by molar-refractivity contribution is 6.29. The number of nitrogens with zero attached hydrogens (tertiary/aromatic N) is 6. The lowest BCUT2D eigenvalue weighted by atomic mass is 9.96. The van der Waals surface area contributed by atoms with Gasteiger partial charge in [-0.1, -0.05) is 36.4 Å². The first kappa shape index (κ1) is 90.5. The van der Waals surface area contributed by atoms with Crippen LogP contribution in [0.25, 0.3) is 263 Å². The third kappa shape index (κ3) is 14.4. The van der Waals surface area contributed by atoms with Crippen LogP contribution in [0.3, 0.4) is 0 Å². The Bertz CT molecular complexity index is 10500. The van der Waals surface area contributed by atoms with E-state index in [0.717, 1.165) is 66.8 Å². The minimum atomic E-state index is -0.296. The third-order valence-corrected chi connectivity index (χ3v) is 29.0. The summed E-state index contributed by atoms with van der Waals surface area (Å²) in [6, 6.07) is 60.4. The number of benzene rings is 10. The van der Waals surface area contributed by atoms with Gasteiger partial charge in [-0.05, 0) is 254 Å². The minimum Gasteiger partial charge on any atom is -0.360 e. The highest BCUT2D eigenvalue weighted by Gasteiger charge is 2.29. The molecule has 30 heteroatoms. The summed E-state index contributed by atoms with van der Waals surface area (Å²) in [5.74, 6) is 0. The van der Waals surface area contributed by atoms with Crippen LogP contribution in [-0.4, -0.2) is 89.7 Å². The third-order valence-electron chi connectivity index (χ3n) is 29.0. The van der Waals surface area contributed by atoms with Gasteiger partial charge >= 0.3 is 0 Å². The standard InChI is InChI=1S/2C42H24N6O3.C21H21N3O3.C15H9N3O3/c49-40-28-19-25(22-7-13-43-14-8-22)1-4-31(28)46-37-34(40)38-36(42(51)30-21-27(3-6-33(30)47-38)24-11-17-45-18-12-24)39-35(37)41(50)29-20-26(2-5-32(29)48-39)23-9-15-44-16-10-23;49-40-28-4-1-25(22-7-13-43-14-8-22)19-31(28)46-37-34(40)38-36(42(51)29-5-2-26(20-32(29)47-38)23-9-15-44-16-10-23)39-35(37)41(50)30-6-3-27(21-33(30)48-39)24-11-17-45-18-12-24;1-7-10(4)22-16-13(19(7)25)17-15(21(27)8(2)11(5)23-17)18-14(16)20(26)9(3)12(6)24-18;19-7-1-4-16-13-10(7)14-12(9(21)2-5-17-14)15-11(13)8(20)3-6-18-15/h2*1-21H,(H,46,49)(H,47,51)(H,48,50);1-6H3,(H,22,25)(H,23,27)(H,24,26);1-6H,(H,16,19)(H,17,21)(H,18,20). The number of hydrogen-bond acceptors (Lipinski definition) is 18. The SMILES string of the molecule is Cc1[nH]c2c(c(=O)c1C)c1[nH]c(C)c(C)c(=O)c1c1[nH]c(C)c(C)c(=O)c21.O=c1c2cc(-c3ccncc3)ccc2[nH]c2c1c1[nH]c3ccc(-c4ccncc4)cc3c(=O)c1c1[nH]c3ccc(-c4ccncc4)cc3c(=O)c21.O=c1c2ccc(-c3ccncc3)cc2[nH]c2c1c1[nH]c3cc(-c4ccncc4)ccc3c(=O)c1c1[nH]c3cc(-c4ccncc4)ccc3c(=O)c21.O=c1cc[nH]c2c1c1[nH]ccc(=O)c1c1[nH]ccc(=O)c21. The van der Waals surface area contributed by atoms with Crippen molar-refractivity contribution in [2.24, 2.45) is 0 Å². The molecule has 720 valence electrons. The van der Waals surface area contributed by atoms with Crippen LogP contribution in [-0.2, 0) is 0 Å². The molecule has 0 bridgehead atoms. The Morgan fingerprint density at radius 2 is 0.347 bits per heavy atom. The summed E-state index contributed by atoms with van der Waals surface area (Å²) in [5.41, 5.74) is 19.7. The molecule has 12 N–H and O–H groups in total. The Balaban J connectivity index is 0.000000110. The summed E-state index contributed by atoms with van der Waals surface area (Å²) in [6.07, 6.45) is 25.0. The Kier molecular flexibility index (Phi) is 21.1. The highest BCUT2D eigenvalue weighted by Crippen LogP contribution is 2.40. The van der Waals surface area contributed by atoms with Crippen LogP contribution in [0.1, 0.15) is 33.8 Å². The predicted molar refractivity (Wildman–Crippen MR) is 596 cm³/mol. The lowest BCUT2D eigenvalue weighted by molar-refractivity contribution is 1.15. The van der Waals surface area contributed by atoms with Gasteiger partial charge in [-0.3, -0.25) is 87.4 Å². The Labute approximate surface area is 838 Å². The summed E-state index contributed by atoms with van der Waals surface area (Å²) < 4.78 is 0. The van der Waals surface area contributed by atoms with Crippen molar-refractivity contribution in [2.45, 2.75) is 41.5 Å². The number of fused-ring (bicyclic) bond motifs is 30. The van der Waals surface area contributed by atoms with E-state index in [2.05, 4.69) is 89.7 Å². The average molecular weight is 1960 g/mol. The second-order valence-electron chi connectivity index (χ2n) is 37.3. The molecule has 0 radical (unpaired) electrons. The monoisotopic (exact) mass is 1960 g/mol. The van der Waals surface area contributed by atoms with Gasteiger partial charge in [0, 0.05) is 194 Å². The van der Waals surface area contributed by atoms with E-state index in [9.17, 15) is 57.5 Å². The fourth-order valence-corrected chi connectivity index (χ4v) is 21.1. The number of aromatic amines is 12. The molecule has 18 heterocycles. The van der Waals surface area contributed by atoms with Gasteiger partial charge < -0.3 is 59.8 Å². The van der Waals surface area contributed by atoms with E-state index in [1.165, 1.54) is 36.8 Å². The maximum absolute atomic E-state index is 14.8. The summed E-state index contributed by atoms with van der Waals surface area (Å²) in [7, 11) is 0. The van der Waals surface area contributed by atoms with Gasteiger partial charge in [0.05, 0.1) is 147 Å². The van der Waals surface area contributed by atoms with Crippen molar-refractivity contribution in [3.05, 3.63) is 450 Å². The largest absolute Gasteiger partial charge is 0.360 e. The van der Waals surface area contributed by atoms with E-state index in [-0.39, 0.29) is 97.5 Å². The molecule has 10 aromatic carbocycles. The number of aromatic nitrogens is 18. The molecule has 0 spiro atoms. The lowest BCUT2D eigenvalue weighted by Gasteiger charge is -2.14. The van der Waals surface area contributed by atoms with Gasteiger partial charge in [-0.2, -0.15) is 0 Å². The highest BCUT2D eigenvalue weighted by atomic mass is 16.2. The van der Waals surface area contributed by atoms with Crippen LogP contribution in [0.15, 0.2) is 351 Å². The molecule has 0 saturated heterocycles. The molecule has 28 aromatic rings. The van der Waals surface area contributed by atoms with Gasteiger partial charge in [-0.25, -0.2) is 0 Å². The lowest BCUT2D eigenvalue weighted by Crippen LogP contribution is -2.19. The van der Waals surface area contributed by atoms with Crippen LogP contribution in [0.2, 0.25) is 0 Å². The Morgan fingerprint density at radius 1 is 0.160 bits per heavy atom. The Hall–Kier alpha value is -20.8. The van der Waals surface area contributed by atoms with Crippen molar-refractivity contribution in [1.29, 1.82) is 0 Å². The second-order valence-corrected chi connectivity index (χ2v) is 37.3. The van der Waals surface area contributed by atoms with E-state index in [0.29, 0.717) is 198 Å². The van der Waals surface area contributed by atoms with Crippen LogP contribution in [0.5, 0.6) is 0 Å². The van der Waals surface area contributed by atoms with Crippen LogP contribution in [0.4, 0.5) is 0 Å². The number of nitrogens with one attached hydrogen (secondary N) is 12. The first-order valence-electron chi connectivity index (χ1n) is 47.9. The van der Waals surface area contributed by atoms with Crippen molar-refractivity contribution in [3.8, 4) is 66.8 Å². The zero-order valence-corrected chi connectivity index (χ0v) is 80.3. The fraction of sp³-hybridized carbons (Fsp3) is 0.0500. The number of aryl methyl sites for hydroxylation is 3. The second kappa shape index (κ2) is 35.1. The van der Waals surface area contributed by atoms with E-state index in [1.807, 2.05) is 185 Å².